The SMILES string of the molecule is C=O.C=O.C=O.N#CC=CC=CC#N.[Fe]. The number of nitriles is 2. The zero-order valence-corrected chi connectivity index (χ0v) is 9.01. The van der Waals surface area contributed by atoms with Gasteiger partial charge in [0, 0.05) is 29.2 Å². The molecule has 0 bridgehead atoms. The Morgan fingerprint density at radius 1 is 0.733 bits per heavy atom. The van der Waals surface area contributed by atoms with Crippen molar-refractivity contribution in [3.63, 3.8) is 0 Å². The van der Waals surface area contributed by atoms with Crippen molar-refractivity contribution in [1.29, 1.82) is 10.5 Å². The zero-order chi connectivity index (χ0) is 12.2. The Bertz CT molecular complexity index is 202. The minimum Gasteiger partial charge on any atom is -0.307 e. The van der Waals surface area contributed by atoms with Crippen molar-refractivity contribution in [1.82, 2.24) is 0 Å². The van der Waals surface area contributed by atoms with E-state index in [1.165, 1.54) is 24.3 Å². The van der Waals surface area contributed by atoms with Gasteiger partial charge < -0.3 is 14.4 Å². The van der Waals surface area contributed by atoms with E-state index >= 15 is 0 Å². The van der Waals surface area contributed by atoms with Gasteiger partial charge in [-0.15, -0.1) is 0 Å². The summed E-state index contributed by atoms with van der Waals surface area (Å²) in [5.41, 5.74) is 0. The van der Waals surface area contributed by atoms with Crippen LogP contribution in [0.4, 0.5) is 0 Å². The summed E-state index contributed by atoms with van der Waals surface area (Å²) in [4.78, 5) is 24.0. The molecule has 0 N–H and O–H groups in total. The molecule has 0 fully saturated rings. The normalized spacial score (nSPS) is 5.73. The van der Waals surface area contributed by atoms with E-state index in [1.807, 2.05) is 20.4 Å². The number of carbonyl (C=O) groups excluding carboxylic acids is 3. The first-order valence-electron chi connectivity index (χ1n) is 2.89. The average molecular weight is 250 g/mol. The number of allylic oxidation sites excluding steroid dienone is 4. The second kappa shape index (κ2) is 91.0. The molecule has 0 aromatic heterocycles. The first-order chi connectivity index (χ1) is 6.91. The molecule has 0 aliphatic rings. The maximum absolute atomic E-state index is 8.00. The Morgan fingerprint density at radius 2 is 0.933 bits per heavy atom. The van der Waals surface area contributed by atoms with Crippen molar-refractivity contribution < 1.29 is 31.5 Å². The van der Waals surface area contributed by atoms with Crippen molar-refractivity contribution in [2.24, 2.45) is 0 Å². The minimum atomic E-state index is 0. The van der Waals surface area contributed by atoms with Crippen LogP contribution in [0.3, 0.4) is 0 Å². The second-order valence-electron chi connectivity index (χ2n) is 0.976. The van der Waals surface area contributed by atoms with E-state index < -0.39 is 0 Å². The van der Waals surface area contributed by atoms with Crippen molar-refractivity contribution in [2.75, 3.05) is 0 Å². The Kier molecular flexibility index (Phi) is 177. The van der Waals surface area contributed by atoms with Gasteiger partial charge in [0.25, 0.3) is 0 Å². The predicted octanol–water partition coefficient (Wildman–Crippen LogP) is 0.589. The maximum atomic E-state index is 8.00. The number of nitrogens with zero attached hydrogens (tertiary/aromatic N) is 2. The molecule has 0 atom stereocenters. The van der Waals surface area contributed by atoms with Gasteiger partial charge in [-0.3, -0.25) is 0 Å². The fraction of sp³-hybridized carbons (Fsp3) is 0. The van der Waals surface area contributed by atoms with Crippen LogP contribution in [0.15, 0.2) is 24.3 Å². The van der Waals surface area contributed by atoms with Gasteiger partial charge in [0.2, 0.25) is 0 Å². The Morgan fingerprint density at radius 3 is 1.07 bits per heavy atom. The monoisotopic (exact) mass is 250 g/mol. The van der Waals surface area contributed by atoms with Crippen LogP contribution >= 0.6 is 0 Å². The number of rotatable bonds is 1. The van der Waals surface area contributed by atoms with E-state index in [-0.39, 0.29) is 17.1 Å². The Hall–Kier alpha value is -2.01. The zero-order valence-electron chi connectivity index (χ0n) is 7.90. The molecule has 0 heterocycles. The molecule has 0 aliphatic carbocycles. The first kappa shape index (κ1) is 29.3. The Labute approximate surface area is 99.2 Å². The first-order valence-corrected chi connectivity index (χ1v) is 2.89. The summed E-state index contributed by atoms with van der Waals surface area (Å²) >= 11 is 0. The molecule has 0 unspecified atom stereocenters. The molecule has 0 rings (SSSR count). The third-order valence-electron chi connectivity index (χ3n) is 0.453. The molecular weight excluding hydrogens is 240 g/mol. The van der Waals surface area contributed by atoms with Crippen LogP contribution in [0.5, 0.6) is 0 Å². The van der Waals surface area contributed by atoms with Gasteiger partial charge in [-0.2, -0.15) is 10.5 Å². The summed E-state index contributed by atoms with van der Waals surface area (Å²) in [7, 11) is 0. The molecule has 6 heteroatoms. The van der Waals surface area contributed by atoms with Crippen LogP contribution in [0.2, 0.25) is 0 Å². The fourth-order valence-electron chi connectivity index (χ4n) is 0.197. The average Bonchev–Trinajstić information content (AvgIpc) is 2.33. The number of carbonyl (C=O) groups is 3. The minimum absolute atomic E-state index is 0. The van der Waals surface area contributed by atoms with Gasteiger partial charge in [0.15, 0.2) is 0 Å². The van der Waals surface area contributed by atoms with Crippen molar-refractivity contribution in [3.05, 3.63) is 24.3 Å². The molecule has 0 aromatic carbocycles. The van der Waals surface area contributed by atoms with E-state index in [9.17, 15) is 0 Å². The van der Waals surface area contributed by atoms with E-state index in [4.69, 9.17) is 24.9 Å². The van der Waals surface area contributed by atoms with Crippen LogP contribution < -0.4 is 0 Å². The van der Waals surface area contributed by atoms with E-state index in [0.717, 1.165) is 0 Å². The van der Waals surface area contributed by atoms with Gasteiger partial charge in [-0.1, -0.05) is 12.2 Å². The van der Waals surface area contributed by atoms with E-state index in [2.05, 4.69) is 0 Å². The smallest absolute Gasteiger partial charge is 0.106 e. The maximum Gasteiger partial charge on any atom is 0.106 e. The van der Waals surface area contributed by atoms with Crippen molar-refractivity contribution in [3.8, 4) is 12.1 Å². The summed E-state index contributed by atoms with van der Waals surface area (Å²) in [5.74, 6) is 0. The summed E-state index contributed by atoms with van der Waals surface area (Å²) in [6.45, 7) is 6.00. The van der Waals surface area contributed by atoms with Crippen molar-refractivity contribution >= 4 is 20.4 Å². The summed E-state index contributed by atoms with van der Waals surface area (Å²) < 4.78 is 0. The molecule has 82 valence electrons. The van der Waals surface area contributed by atoms with Gasteiger partial charge in [0.05, 0.1) is 12.1 Å². The van der Waals surface area contributed by atoms with Gasteiger partial charge >= 0.3 is 0 Å². The molecule has 0 radical (unpaired) electrons. The molecule has 15 heavy (non-hydrogen) atoms. The number of hydrogen-bond acceptors (Lipinski definition) is 5. The van der Waals surface area contributed by atoms with Gasteiger partial charge in [0.1, 0.15) is 20.4 Å². The fourth-order valence-corrected chi connectivity index (χ4v) is 0.197. The van der Waals surface area contributed by atoms with Crippen LogP contribution in [0, 0.1) is 22.7 Å². The predicted molar refractivity (Wildman–Crippen MR) is 50.9 cm³/mol. The topological polar surface area (TPSA) is 98.8 Å². The third kappa shape index (κ3) is 134. The van der Waals surface area contributed by atoms with Crippen LogP contribution in [0.1, 0.15) is 0 Å². The molecule has 0 saturated heterocycles. The molecule has 0 aliphatic heterocycles. The van der Waals surface area contributed by atoms with Crippen LogP contribution in [-0.4, -0.2) is 20.4 Å². The van der Waals surface area contributed by atoms with Crippen molar-refractivity contribution in [2.45, 2.75) is 0 Å². The third-order valence-corrected chi connectivity index (χ3v) is 0.453. The quantitative estimate of drug-likeness (QED) is 0.385. The van der Waals surface area contributed by atoms with Gasteiger partial charge in [-0.05, 0) is 0 Å². The molecule has 5 nitrogen and oxygen atoms in total. The van der Waals surface area contributed by atoms with E-state index in [1.54, 1.807) is 12.1 Å². The molecular formula is C9H10FeN2O3. The summed E-state index contributed by atoms with van der Waals surface area (Å²) in [5, 5.41) is 15.8. The molecule has 0 saturated carbocycles. The summed E-state index contributed by atoms with van der Waals surface area (Å²) in [6.07, 6.45) is 5.61. The van der Waals surface area contributed by atoms with E-state index in [0.29, 0.717) is 0 Å². The second-order valence-corrected chi connectivity index (χ2v) is 0.976. The standard InChI is InChI=1S/C6H4N2.3CH2O.Fe/c7-5-3-1-2-4-6-8;3*1-2;/h1-4H;3*1H2;. The molecule has 0 aromatic rings. The van der Waals surface area contributed by atoms with Crippen LogP contribution in [-0.2, 0) is 31.5 Å². The molecule has 0 spiro atoms. The largest absolute Gasteiger partial charge is 0.307 e. The number of hydrogen-bond donors (Lipinski definition) is 0. The van der Waals surface area contributed by atoms with Crippen LogP contribution in [0.25, 0.3) is 0 Å². The Balaban J connectivity index is -0.0000000410. The van der Waals surface area contributed by atoms with Gasteiger partial charge in [-0.25, -0.2) is 0 Å². The summed E-state index contributed by atoms with van der Waals surface area (Å²) in [6, 6.07) is 3.57. The molecule has 0 amide bonds.